The number of halogens is 2. The molecule has 2 rings (SSSR count). The van der Waals surface area contributed by atoms with E-state index in [-0.39, 0.29) is 24.5 Å². The van der Waals surface area contributed by atoms with Gasteiger partial charge in [0, 0.05) is 25.1 Å². The van der Waals surface area contributed by atoms with Crippen LogP contribution in [0.2, 0.25) is 0 Å². The normalized spacial score (nSPS) is 17.4. The smallest absolute Gasteiger partial charge is 0.227 e. The number of piperidine rings is 1. The van der Waals surface area contributed by atoms with Gasteiger partial charge in [-0.2, -0.15) is 0 Å². The van der Waals surface area contributed by atoms with Crippen LogP contribution in [0.3, 0.4) is 0 Å². The molecule has 0 unspecified atom stereocenters. The number of carbonyl (C=O) groups excluding carboxylic acids is 1. The van der Waals surface area contributed by atoms with Crippen LogP contribution in [-0.4, -0.2) is 37.5 Å². The van der Waals surface area contributed by atoms with Crippen LogP contribution < -0.4 is 5.32 Å². The monoisotopic (exact) mass is 332 g/mol. The maximum Gasteiger partial charge on any atom is 0.227 e. The van der Waals surface area contributed by atoms with E-state index in [0.717, 1.165) is 18.2 Å². The molecule has 1 heterocycles. The summed E-state index contributed by atoms with van der Waals surface area (Å²) in [6.45, 7) is 2.10. The molecule has 0 aliphatic carbocycles. The van der Waals surface area contributed by atoms with Gasteiger partial charge in [0.25, 0.3) is 0 Å². The first-order valence-electron chi connectivity index (χ1n) is 7.07. The van der Waals surface area contributed by atoms with Crippen LogP contribution in [0.4, 0.5) is 14.5 Å². The lowest BCUT2D eigenvalue weighted by Gasteiger charge is -2.30. The third-order valence-corrected chi connectivity index (χ3v) is 5.65. The molecule has 8 heteroatoms. The van der Waals surface area contributed by atoms with E-state index in [2.05, 4.69) is 5.32 Å². The van der Waals surface area contributed by atoms with E-state index < -0.39 is 33.5 Å². The highest BCUT2D eigenvalue weighted by Gasteiger charge is 2.30. The van der Waals surface area contributed by atoms with Gasteiger partial charge in [-0.25, -0.2) is 21.5 Å². The third-order valence-electron chi connectivity index (χ3n) is 3.77. The Morgan fingerprint density at radius 1 is 1.32 bits per heavy atom. The van der Waals surface area contributed by atoms with Crippen molar-refractivity contribution in [3.8, 4) is 0 Å². The van der Waals surface area contributed by atoms with Crippen LogP contribution in [0.1, 0.15) is 19.8 Å². The highest BCUT2D eigenvalue weighted by atomic mass is 32.2. The quantitative estimate of drug-likeness (QED) is 0.917. The predicted molar refractivity (Wildman–Crippen MR) is 78.7 cm³/mol. The highest BCUT2D eigenvalue weighted by molar-refractivity contribution is 7.89. The summed E-state index contributed by atoms with van der Waals surface area (Å²) < 4.78 is 51.4. The van der Waals surface area contributed by atoms with Crippen molar-refractivity contribution in [1.29, 1.82) is 0 Å². The summed E-state index contributed by atoms with van der Waals surface area (Å²) in [7, 11) is -3.25. The summed E-state index contributed by atoms with van der Waals surface area (Å²) >= 11 is 0. The number of hydrogen-bond acceptors (Lipinski definition) is 3. The van der Waals surface area contributed by atoms with Crippen molar-refractivity contribution < 1.29 is 22.0 Å². The Labute approximate surface area is 128 Å². The zero-order valence-corrected chi connectivity index (χ0v) is 13.0. The topological polar surface area (TPSA) is 66.5 Å². The second-order valence-corrected chi connectivity index (χ2v) is 7.44. The molecule has 0 radical (unpaired) electrons. The summed E-state index contributed by atoms with van der Waals surface area (Å²) in [4.78, 5) is 12.1. The standard InChI is InChI=1S/C14H18F2N2O3S/c1-2-22(20,21)18-7-5-10(6-8-18)14(19)17-13-9-11(15)3-4-12(13)16/h3-4,9-10H,2,5-8H2,1H3,(H,17,19). The Hall–Kier alpha value is -1.54. The Bertz CT molecular complexity index is 656. The van der Waals surface area contributed by atoms with Gasteiger partial charge in [0.05, 0.1) is 11.4 Å². The van der Waals surface area contributed by atoms with Crippen molar-refractivity contribution in [1.82, 2.24) is 4.31 Å². The molecule has 122 valence electrons. The Morgan fingerprint density at radius 2 is 1.95 bits per heavy atom. The van der Waals surface area contributed by atoms with Gasteiger partial charge in [-0.15, -0.1) is 0 Å². The summed E-state index contributed by atoms with van der Waals surface area (Å²) in [5.74, 6) is -2.15. The zero-order chi connectivity index (χ0) is 16.3. The van der Waals surface area contributed by atoms with Gasteiger partial charge in [-0.1, -0.05) is 0 Å². The number of sulfonamides is 1. The van der Waals surface area contributed by atoms with Crippen molar-refractivity contribution in [2.75, 3.05) is 24.2 Å². The van der Waals surface area contributed by atoms with Gasteiger partial charge >= 0.3 is 0 Å². The molecule has 0 bridgehead atoms. The Kier molecular flexibility index (Phi) is 5.12. The van der Waals surface area contributed by atoms with Crippen LogP contribution in [0.15, 0.2) is 18.2 Å². The fraction of sp³-hybridized carbons (Fsp3) is 0.500. The van der Waals surface area contributed by atoms with E-state index in [9.17, 15) is 22.0 Å². The second kappa shape index (κ2) is 6.70. The largest absolute Gasteiger partial charge is 0.323 e. The third kappa shape index (κ3) is 3.80. The number of rotatable bonds is 4. The molecule has 1 N–H and O–H groups in total. The molecule has 1 aromatic rings. The number of benzene rings is 1. The van der Waals surface area contributed by atoms with Gasteiger partial charge < -0.3 is 5.32 Å². The lowest BCUT2D eigenvalue weighted by Crippen LogP contribution is -2.42. The molecule has 0 atom stereocenters. The van der Waals surface area contributed by atoms with E-state index in [1.165, 1.54) is 4.31 Å². The number of nitrogens with one attached hydrogen (secondary N) is 1. The molecular weight excluding hydrogens is 314 g/mol. The number of hydrogen-bond donors (Lipinski definition) is 1. The average Bonchev–Trinajstić information content (AvgIpc) is 2.51. The van der Waals surface area contributed by atoms with Gasteiger partial charge in [-0.05, 0) is 31.9 Å². The van der Waals surface area contributed by atoms with Crippen molar-refractivity contribution in [3.05, 3.63) is 29.8 Å². The van der Waals surface area contributed by atoms with Gasteiger partial charge in [0.2, 0.25) is 15.9 Å². The van der Waals surface area contributed by atoms with E-state index >= 15 is 0 Å². The first kappa shape index (κ1) is 16.8. The molecule has 1 fully saturated rings. The molecular formula is C14H18F2N2O3S. The maximum atomic E-state index is 13.5. The van der Waals surface area contributed by atoms with Crippen molar-refractivity contribution in [2.45, 2.75) is 19.8 Å². The van der Waals surface area contributed by atoms with Gasteiger partial charge in [0.15, 0.2) is 0 Å². The lowest BCUT2D eigenvalue weighted by molar-refractivity contribution is -0.120. The van der Waals surface area contributed by atoms with Crippen LogP contribution in [-0.2, 0) is 14.8 Å². The zero-order valence-electron chi connectivity index (χ0n) is 12.2. The van der Waals surface area contributed by atoms with E-state index in [1.807, 2.05) is 0 Å². The molecule has 1 saturated heterocycles. The van der Waals surface area contributed by atoms with Crippen molar-refractivity contribution >= 4 is 21.6 Å². The van der Waals surface area contributed by atoms with Crippen molar-refractivity contribution in [3.63, 3.8) is 0 Å². The van der Waals surface area contributed by atoms with Gasteiger partial charge in [-0.3, -0.25) is 4.79 Å². The number of carbonyl (C=O) groups is 1. The lowest BCUT2D eigenvalue weighted by atomic mass is 9.97. The molecule has 0 saturated carbocycles. The minimum atomic E-state index is -3.25. The van der Waals surface area contributed by atoms with Crippen LogP contribution >= 0.6 is 0 Å². The molecule has 0 aromatic heterocycles. The molecule has 0 spiro atoms. The second-order valence-electron chi connectivity index (χ2n) is 5.19. The first-order chi connectivity index (χ1) is 10.3. The molecule has 1 aromatic carbocycles. The fourth-order valence-electron chi connectivity index (χ4n) is 2.41. The molecule has 5 nitrogen and oxygen atoms in total. The summed E-state index contributed by atoms with van der Waals surface area (Å²) in [6.07, 6.45) is 0.726. The Balaban J connectivity index is 1.97. The summed E-state index contributed by atoms with van der Waals surface area (Å²) in [5, 5.41) is 2.37. The molecule has 1 aliphatic heterocycles. The van der Waals surface area contributed by atoms with E-state index in [4.69, 9.17) is 0 Å². The summed E-state index contributed by atoms with van der Waals surface area (Å²) in [6, 6.07) is 2.84. The molecule has 1 amide bonds. The van der Waals surface area contributed by atoms with Crippen LogP contribution in [0.5, 0.6) is 0 Å². The van der Waals surface area contributed by atoms with Crippen LogP contribution in [0, 0.1) is 17.6 Å². The fourth-order valence-corrected chi connectivity index (χ4v) is 3.54. The molecule has 22 heavy (non-hydrogen) atoms. The number of nitrogens with zero attached hydrogens (tertiary/aromatic N) is 1. The van der Waals surface area contributed by atoms with E-state index in [0.29, 0.717) is 12.8 Å². The van der Waals surface area contributed by atoms with Gasteiger partial charge in [0.1, 0.15) is 11.6 Å². The SMILES string of the molecule is CCS(=O)(=O)N1CCC(C(=O)Nc2cc(F)ccc2F)CC1. The Morgan fingerprint density at radius 3 is 2.55 bits per heavy atom. The maximum absolute atomic E-state index is 13.5. The summed E-state index contributed by atoms with van der Waals surface area (Å²) in [5.41, 5.74) is -0.200. The average molecular weight is 332 g/mol. The minimum absolute atomic E-state index is 0.0262. The number of anilines is 1. The minimum Gasteiger partial charge on any atom is -0.323 e. The number of amides is 1. The first-order valence-corrected chi connectivity index (χ1v) is 8.68. The molecule has 1 aliphatic rings. The van der Waals surface area contributed by atoms with E-state index in [1.54, 1.807) is 6.92 Å². The van der Waals surface area contributed by atoms with Crippen molar-refractivity contribution in [2.24, 2.45) is 5.92 Å². The highest BCUT2D eigenvalue weighted by Crippen LogP contribution is 2.23. The predicted octanol–water partition coefficient (Wildman–Crippen LogP) is 1.97. The van der Waals surface area contributed by atoms with Crippen LogP contribution in [0.25, 0.3) is 0 Å².